The van der Waals surface area contributed by atoms with Crippen molar-refractivity contribution in [2.75, 3.05) is 18.0 Å². The highest BCUT2D eigenvalue weighted by molar-refractivity contribution is 6.07. The number of amides is 1. The summed E-state index contributed by atoms with van der Waals surface area (Å²) in [6, 6.07) is 19.6. The van der Waals surface area contributed by atoms with E-state index in [0.29, 0.717) is 30.2 Å². The molecule has 7 nitrogen and oxygen atoms in total. The Hall–Kier alpha value is -4.15. The topological polar surface area (TPSA) is 83.2 Å². The Morgan fingerprint density at radius 2 is 2.09 bits per heavy atom. The number of rotatable bonds is 0. The molecule has 1 aromatic heterocycles. The van der Waals surface area contributed by atoms with Crippen molar-refractivity contribution >= 4 is 22.4 Å². The lowest BCUT2D eigenvalue weighted by atomic mass is 10.1. The van der Waals surface area contributed by atoms with Crippen LogP contribution in [0.2, 0.25) is 0 Å². The largest absolute Gasteiger partial charge is 0.456 e. The molecule has 2 aliphatic rings. The van der Waals surface area contributed by atoms with Crippen LogP contribution < -0.4 is 15.0 Å². The van der Waals surface area contributed by atoms with Gasteiger partial charge in [0.15, 0.2) is 0 Å². The van der Waals surface area contributed by atoms with Gasteiger partial charge in [0, 0.05) is 30.4 Å². The van der Waals surface area contributed by atoms with E-state index >= 15 is 0 Å². The number of benzene rings is 3. The van der Waals surface area contributed by atoms with Crippen LogP contribution in [0.1, 0.15) is 29.7 Å². The third-order valence-corrected chi connectivity index (χ3v) is 6.87. The summed E-state index contributed by atoms with van der Waals surface area (Å²) in [5.74, 6) is 1.25. The van der Waals surface area contributed by atoms with Gasteiger partial charge in [-0.05, 0) is 67.1 Å². The molecule has 35 heavy (non-hydrogen) atoms. The van der Waals surface area contributed by atoms with Gasteiger partial charge in [-0.1, -0.05) is 24.3 Å². The Balaban J connectivity index is 1.45. The highest BCUT2D eigenvalue weighted by atomic mass is 16.5. The number of aryl methyl sites for hydroxylation is 1. The zero-order valence-corrected chi connectivity index (χ0v) is 19.3. The first-order chi connectivity index (χ1) is 17.2. The Morgan fingerprint density at radius 3 is 3.00 bits per heavy atom. The van der Waals surface area contributed by atoms with Crippen LogP contribution in [0.25, 0.3) is 10.8 Å². The first-order valence-electron chi connectivity index (χ1n) is 12.0. The SMILES string of the molecule is N#Cc1ccc2cc1Oc1ccc3cccc(c3c1)N1CCC(NCCCc3cncn3C2)C1=O. The minimum absolute atomic E-state index is 0.106. The first-order valence-corrected chi connectivity index (χ1v) is 12.0. The third kappa shape index (κ3) is 4.02. The van der Waals surface area contributed by atoms with E-state index in [-0.39, 0.29) is 11.9 Å². The minimum Gasteiger partial charge on any atom is -0.456 e. The van der Waals surface area contributed by atoms with Gasteiger partial charge in [-0.3, -0.25) is 4.79 Å². The maximum Gasteiger partial charge on any atom is 0.244 e. The number of nitrogens with one attached hydrogen (secondary N) is 1. The molecule has 1 N–H and O–H groups in total. The predicted octanol–water partition coefficient (Wildman–Crippen LogP) is 4.39. The Labute approximate surface area is 203 Å². The standard InChI is InChI=1S/C28H25N5O2/c29-15-21-7-6-19-13-27(21)35-23-9-8-20-3-1-5-26(24(20)14-23)33-12-10-25(28(33)34)31-11-2-4-22-16-30-18-32(22)17-19/h1,3,5-9,13-14,16,18,25,31H,2,4,10-12,17H2. The minimum atomic E-state index is -0.175. The monoisotopic (exact) mass is 463 g/mol. The normalized spacial score (nSPS) is 18.0. The number of carbonyl (C=O) groups excluding carboxylic acids is 1. The predicted molar refractivity (Wildman–Crippen MR) is 134 cm³/mol. The Morgan fingerprint density at radius 1 is 1.14 bits per heavy atom. The van der Waals surface area contributed by atoms with Crippen molar-refractivity contribution in [3.8, 4) is 17.6 Å². The lowest BCUT2D eigenvalue weighted by Crippen LogP contribution is -2.39. The third-order valence-electron chi connectivity index (χ3n) is 6.87. The molecule has 1 atom stereocenters. The molecular weight excluding hydrogens is 438 g/mol. The molecular formula is C28H25N5O2. The lowest BCUT2D eigenvalue weighted by Gasteiger charge is -2.20. The van der Waals surface area contributed by atoms with Gasteiger partial charge < -0.3 is 19.5 Å². The molecule has 2 aliphatic heterocycles. The van der Waals surface area contributed by atoms with Gasteiger partial charge >= 0.3 is 0 Å². The number of aromatic nitrogens is 2. The second-order valence-corrected chi connectivity index (χ2v) is 9.11. The molecule has 1 unspecified atom stereocenters. The fraction of sp³-hybridized carbons (Fsp3) is 0.250. The molecule has 1 fully saturated rings. The highest BCUT2D eigenvalue weighted by Crippen LogP contribution is 2.35. The van der Waals surface area contributed by atoms with Crippen LogP contribution in [0.5, 0.6) is 11.5 Å². The average Bonchev–Trinajstić information content (AvgIpc) is 3.47. The fourth-order valence-electron chi connectivity index (χ4n) is 5.05. The van der Waals surface area contributed by atoms with Crippen molar-refractivity contribution in [2.45, 2.75) is 31.8 Å². The number of nitrogens with zero attached hydrogens (tertiary/aromatic N) is 4. The molecule has 174 valence electrons. The maximum atomic E-state index is 13.3. The van der Waals surface area contributed by atoms with Crippen LogP contribution in [0, 0.1) is 11.3 Å². The lowest BCUT2D eigenvalue weighted by molar-refractivity contribution is -0.118. The van der Waals surface area contributed by atoms with Crippen molar-refractivity contribution < 1.29 is 9.53 Å². The van der Waals surface area contributed by atoms with Gasteiger partial charge in [0.25, 0.3) is 0 Å². The summed E-state index contributed by atoms with van der Waals surface area (Å²) in [5, 5.41) is 15.1. The summed E-state index contributed by atoms with van der Waals surface area (Å²) in [4.78, 5) is 19.5. The van der Waals surface area contributed by atoms with Crippen molar-refractivity contribution in [3.63, 3.8) is 0 Å². The van der Waals surface area contributed by atoms with E-state index in [9.17, 15) is 10.1 Å². The van der Waals surface area contributed by atoms with Gasteiger partial charge in [-0.25, -0.2) is 4.98 Å². The summed E-state index contributed by atoms with van der Waals surface area (Å²) < 4.78 is 8.38. The molecule has 0 aliphatic carbocycles. The number of anilines is 1. The van der Waals surface area contributed by atoms with Gasteiger partial charge in [0.1, 0.15) is 17.6 Å². The molecule has 3 aromatic carbocycles. The number of hydrogen-bond donors (Lipinski definition) is 1. The average molecular weight is 464 g/mol. The van der Waals surface area contributed by atoms with E-state index in [1.807, 2.05) is 66.0 Å². The molecule has 4 aromatic rings. The smallest absolute Gasteiger partial charge is 0.244 e. The van der Waals surface area contributed by atoms with Crippen molar-refractivity contribution in [2.24, 2.45) is 0 Å². The summed E-state index contributed by atoms with van der Waals surface area (Å²) in [6.45, 7) is 2.08. The zero-order chi connectivity index (χ0) is 23.8. The summed E-state index contributed by atoms with van der Waals surface area (Å²) in [7, 11) is 0. The quantitative estimate of drug-likeness (QED) is 0.418. The van der Waals surface area contributed by atoms with E-state index in [4.69, 9.17) is 4.74 Å². The van der Waals surface area contributed by atoms with E-state index in [0.717, 1.165) is 53.5 Å². The van der Waals surface area contributed by atoms with Crippen LogP contribution >= 0.6 is 0 Å². The number of ether oxygens (including phenoxy) is 1. The number of nitriles is 1. The first kappa shape index (κ1) is 21.4. The second kappa shape index (κ2) is 8.90. The molecule has 0 spiro atoms. The number of hydrogen-bond acceptors (Lipinski definition) is 5. The van der Waals surface area contributed by atoms with Crippen LogP contribution in [-0.4, -0.2) is 34.6 Å². The van der Waals surface area contributed by atoms with Gasteiger partial charge in [-0.15, -0.1) is 0 Å². The molecule has 0 radical (unpaired) electrons. The van der Waals surface area contributed by atoms with Crippen molar-refractivity contribution in [1.29, 1.82) is 5.26 Å². The molecule has 7 heteroatoms. The van der Waals surface area contributed by atoms with Crippen LogP contribution in [0.15, 0.2) is 67.1 Å². The number of fused-ring (bicyclic) bond motifs is 7. The van der Waals surface area contributed by atoms with E-state index in [1.165, 1.54) is 0 Å². The maximum absolute atomic E-state index is 13.3. The summed E-state index contributed by atoms with van der Waals surface area (Å²) >= 11 is 0. The van der Waals surface area contributed by atoms with E-state index in [1.54, 1.807) is 6.07 Å². The highest BCUT2D eigenvalue weighted by Gasteiger charge is 2.32. The summed E-state index contributed by atoms with van der Waals surface area (Å²) in [5.41, 5.74) is 3.54. The van der Waals surface area contributed by atoms with Crippen LogP contribution in [-0.2, 0) is 17.8 Å². The molecule has 1 saturated heterocycles. The van der Waals surface area contributed by atoms with Crippen LogP contribution in [0.4, 0.5) is 5.69 Å². The van der Waals surface area contributed by atoms with Gasteiger partial charge in [0.2, 0.25) is 5.91 Å². The van der Waals surface area contributed by atoms with Crippen molar-refractivity contribution in [3.05, 3.63) is 83.9 Å². The van der Waals surface area contributed by atoms with Crippen LogP contribution in [0.3, 0.4) is 0 Å². The molecule has 1 amide bonds. The number of carbonyl (C=O) groups is 1. The molecule has 3 heterocycles. The Bertz CT molecular complexity index is 1470. The molecule has 6 rings (SSSR count). The Kier molecular flexibility index (Phi) is 5.44. The fourth-order valence-corrected chi connectivity index (χ4v) is 5.05. The van der Waals surface area contributed by atoms with E-state index in [2.05, 4.69) is 20.9 Å². The van der Waals surface area contributed by atoms with Gasteiger partial charge in [0.05, 0.1) is 23.6 Å². The van der Waals surface area contributed by atoms with Crippen molar-refractivity contribution in [1.82, 2.24) is 14.9 Å². The summed E-state index contributed by atoms with van der Waals surface area (Å²) in [6.07, 6.45) is 6.29. The molecule has 6 bridgehead atoms. The van der Waals surface area contributed by atoms with E-state index < -0.39 is 0 Å². The zero-order valence-electron chi connectivity index (χ0n) is 19.3. The second-order valence-electron chi connectivity index (χ2n) is 9.11. The number of imidazole rings is 1. The van der Waals surface area contributed by atoms with Gasteiger partial charge in [-0.2, -0.15) is 5.26 Å². The molecule has 0 saturated carbocycles.